The number of aliphatic hydroxyl groups is 1. The molecule has 1 N–H and O–H groups in total. The Hall–Kier alpha value is -2.74. The Bertz CT molecular complexity index is 899. The van der Waals surface area contributed by atoms with Gasteiger partial charge in [-0.1, -0.05) is 6.92 Å². The van der Waals surface area contributed by atoms with Crippen LogP contribution >= 0.6 is 0 Å². The molecule has 1 fully saturated rings. The number of β-amino-alcohol motifs (C(OH)–C–C–N with tert-alkyl or cyclic N) is 1. The lowest BCUT2D eigenvalue weighted by Crippen LogP contribution is -2.41. The molecule has 2 aliphatic heterocycles. The Labute approximate surface area is 181 Å². The van der Waals surface area contributed by atoms with Crippen molar-refractivity contribution >= 4 is 11.7 Å². The molecule has 1 aliphatic carbocycles. The topological polar surface area (TPSA) is 94.5 Å². The average molecular weight is 431 g/mol. The summed E-state index contributed by atoms with van der Waals surface area (Å²) in [6.07, 6.45) is 2.22. The summed E-state index contributed by atoms with van der Waals surface area (Å²) >= 11 is 0. The van der Waals surface area contributed by atoms with Gasteiger partial charge in [-0.3, -0.25) is 9.59 Å². The number of aliphatic hydroxyl groups excluding tert-OH is 1. The third-order valence-electron chi connectivity index (χ3n) is 6.55. The molecule has 0 spiro atoms. The number of carbonyl (C=O) groups excluding carboxylic acids is 2. The van der Waals surface area contributed by atoms with Crippen LogP contribution in [-0.4, -0.2) is 62.3 Å². The fourth-order valence-corrected chi connectivity index (χ4v) is 5.07. The van der Waals surface area contributed by atoms with Crippen molar-refractivity contribution in [3.8, 4) is 17.2 Å². The van der Waals surface area contributed by atoms with Crippen molar-refractivity contribution in [1.82, 2.24) is 4.90 Å². The Balaban J connectivity index is 1.84. The molecule has 168 valence electrons. The highest BCUT2D eigenvalue weighted by Gasteiger charge is 2.52. The minimum atomic E-state index is -0.686. The highest BCUT2D eigenvalue weighted by Crippen LogP contribution is 2.49. The van der Waals surface area contributed by atoms with E-state index < -0.39 is 6.04 Å². The number of Topliss-reactive ketones (excluding diaryl/α,β-unsaturated/α-hetero) is 1. The molecule has 2 heterocycles. The first-order valence-corrected chi connectivity index (χ1v) is 10.6. The SMILES string of the molecule is COc1cc(C2C3=C(OC4CCC(C)CC4C3=O)C(=O)N2CCO)cc(OC)c1OC. The Morgan fingerprint density at radius 1 is 1.10 bits per heavy atom. The summed E-state index contributed by atoms with van der Waals surface area (Å²) in [6, 6.07) is 2.79. The third kappa shape index (κ3) is 3.43. The Kier molecular flexibility index (Phi) is 5.83. The fourth-order valence-electron chi connectivity index (χ4n) is 5.07. The first-order valence-electron chi connectivity index (χ1n) is 10.6. The summed E-state index contributed by atoms with van der Waals surface area (Å²) in [5.74, 6) is 1.17. The molecule has 1 aromatic carbocycles. The van der Waals surface area contributed by atoms with E-state index >= 15 is 0 Å². The molecular formula is C23H29NO7. The van der Waals surface area contributed by atoms with Gasteiger partial charge in [0.1, 0.15) is 6.10 Å². The van der Waals surface area contributed by atoms with Gasteiger partial charge in [-0.15, -0.1) is 0 Å². The van der Waals surface area contributed by atoms with Gasteiger partial charge in [0, 0.05) is 6.54 Å². The second-order valence-electron chi connectivity index (χ2n) is 8.37. The van der Waals surface area contributed by atoms with Crippen LogP contribution in [0.25, 0.3) is 0 Å². The van der Waals surface area contributed by atoms with Crippen molar-refractivity contribution in [1.29, 1.82) is 0 Å². The second-order valence-corrected chi connectivity index (χ2v) is 8.37. The van der Waals surface area contributed by atoms with Crippen LogP contribution < -0.4 is 14.2 Å². The zero-order valence-electron chi connectivity index (χ0n) is 18.3. The van der Waals surface area contributed by atoms with E-state index in [-0.39, 0.29) is 42.6 Å². The van der Waals surface area contributed by atoms with Gasteiger partial charge in [0.25, 0.3) is 5.91 Å². The molecule has 0 radical (unpaired) electrons. The molecule has 0 saturated heterocycles. The van der Waals surface area contributed by atoms with Gasteiger partial charge in [0.2, 0.25) is 5.75 Å². The molecular weight excluding hydrogens is 402 g/mol. The molecule has 4 unspecified atom stereocenters. The largest absolute Gasteiger partial charge is 0.493 e. The molecule has 31 heavy (non-hydrogen) atoms. The molecule has 4 atom stereocenters. The number of benzene rings is 1. The Morgan fingerprint density at radius 3 is 2.35 bits per heavy atom. The number of rotatable bonds is 6. The van der Waals surface area contributed by atoms with E-state index in [0.29, 0.717) is 34.3 Å². The number of carbonyl (C=O) groups is 2. The van der Waals surface area contributed by atoms with Crippen molar-refractivity contribution in [2.75, 3.05) is 34.5 Å². The Morgan fingerprint density at radius 2 is 1.77 bits per heavy atom. The van der Waals surface area contributed by atoms with Crippen LogP contribution in [0.3, 0.4) is 0 Å². The van der Waals surface area contributed by atoms with Gasteiger partial charge in [0.05, 0.1) is 45.5 Å². The second kappa shape index (κ2) is 8.42. The molecule has 8 nitrogen and oxygen atoms in total. The van der Waals surface area contributed by atoms with Gasteiger partial charge < -0.3 is 29.0 Å². The number of nitrogens with zero attached hydrogens (tertiary/aromatic N) is 1. The number of hydrogen-bond acceptors (Lipinski definition) is 7. The van der Waals surface area contributed by atoms with E-state index in [1.807, 2.05) is 0 Å². The molecule has 1 saturated carbocycles. The highest BCUT2D eigenvalue weighted by atomic mass is 16.5. The first kappa shape index (κ1) is 21.5. The van der Waals surface area contributed by atoms with Crippen molar-refractivity contribution < 1.29 is 33.6 Å². The van der Waals surface area contributed by atoms with Crippen LogP contribution in [0, 0.1) is 11.8 Å². The minimum absolute atomic E-state index is 0.0367. The van der Waals surface area contributed by atoms with E-state index in [2.05, 4.69) is 6.92 Å². The van der Waals surface area contributed by atoms with E-state index in [1.165, 1.54) is 26.2 Å². The van der Waals surface area contributed by atoms with Crippen LogP contribution in [0.2, 0.25) is 0 Å². The monoisotopic (exact) mass is 431 g/mol. The van der Waals surface area contributed by atoms with Crippen LogP contribution in [0.4, 0.5) is 0 Å². The zero-order chi connectivity index (χ0) is 22.3. The molecule has 1 aromatic rings. The molecule has 1 amide bonds. The summed E-state index contributed by atoms with van der Waals surface area (Å²) < 4.78 is 22.5. The van der Waals surface area contributed by atoms with Crippen LogP contribution in [0.1, 0.15) is 37.8 Å². The quantitative estimate of drug-likeness (QED) is 0.738. The van der Waals surface area contributed by atoms with Crippen molar-refractivity contribution in [2.24, 2.45) is 11.8 Å². The summed E-state index contributed by atoms with van der Waals surface area (Å²) in [7, 11) is 4.54. The maximum absolute atomic E-state index is 13.6. The highest BCUT2D eigenvalue weighted by molar-refractivity contribution is 6.11. The predicted molar refractivity (Wildman–Crippen MR) is 111 cm³/mol. The number of amides is 1. The van der Waals surface area contributed by atoms with E-state index in [0.717, 1.165) is 19.3 Å². The lowest BCUT2D eigenvalue weighted by molar-refractivity contribution is -0.136. The van der Waals surface area contributed by atoms with Crippen molar-refractivity contribution in [3.05, 3.63) is 29.0 Å². The summed E-state index contributed by atoms with van der Waals surface area (Å²) in [6.45, 7) is 1.99. The number of ketones is 1. The average Bonchev–Trinajstić information content (AvgIpc) is 3.05. The van der Waals surface area contributed by atoms with Crippen LogP contribution in [0.15, 0.2) is 23.5 Å². The van der Waals surface area contributed by atoms with Gasteiger partial charge in [-0.2, -0.15) is 0 Å². The summed E-state index contributed by atoms with van der Waals surface area (Å²) in [5, 5.41) is 9.63. The van der Waals surface area contributed by atoms with Crippen molar-refractivity contribution in [3.63, 3.8) is 0 Å². The van der Waals surface area contributed by atoms with Gasteiger partial charge in [0.15, 0.2) is 23.0 Å². The molecule has 0 bridgehead atoms. The third-order valence-corrected chi connectivity index (χ3v) is 6.55. The number of methoxy groups -OCH3 is 3. The van der Waals surface area contributed by atoms with E-state index in [1.54, 1.807) is 12.1 Å². The summed E-state index contributed by atoms with van der Waals surface area (Å²) in [4.78, 5) is 28.3. The number of ether oxygens (including phenoxy) is 4. The zero-order valence-corrected chi connectivity index (χ0v) is 18.3. The first-order chi connectivity index (χ1) is 14.9. The fraction of sp³-hybridized carbons (Fsp3) is 0.565. The maximum atomic E-state index is 13.6. The van der Waals surface area contributed by atoms with Gasteiger partial charge in [-0.25, -0.2) is 0 Å². The van der Waals surface area contributed by atoms with Crippen molar-refractivity contribution in [2.45, 2.75) is 38.3 Å². The molecule has 8 heteroatoms. The van der Waals surface area contributed by atoms with Gasteiger partial charge >= 0.3 is 0 Å². The standard InChI is InChI=1S/C23H29NO7/c1-12-5-6-15-14(9-12)20(26)18-19(24(7-8-25)23(27)22(18)31-15)13-10-16(28-2)21(30-4)17(11-13)29-3/h10-12,14-15,19,25H,5-9H2,1-4H3. The minimum Gasteiger partial charge on any atom is -0.493 e. The van der Waals surface area contributed by atoms with Crippen LogP contribution in [0.5, 0.6) is 17.2 Å². The molecule has 0 aromatic heterocycles. The number of fused-ring (bicyclic) bond motifs is 1. The van der Waals surface area contributed by atoms with E-state index in [4.69, 9.17) is 18.9 Å². The lowest BCUT2D eigenvalue weighted by atomic mass is 9.74. The van der Waals surface area contributed by atoms with E-state index in [9.17, 15) is 14.7 Å². The predicted octanol–water partition coefficient (Wildman–Crippen LogP) is 2.25. The maximum Gasteiger partial charge on any atom is 0.290 e. The lowest BCUT2D eigenvalue weighted by Gasteiger charge is -2.37. The smallest absolute Gasteiger partial charge is 0.290 e. The molecule has 4 rings (SSSR count). The van der Waals surface area contributed by atoms with Gasteiger partial charge in [-0.05, 0) is 42.9 Å². The normalized spacial score (nSPS) is 27.6. The molecule has 3 aliphatic rings. The summed E-state index contributed by atoms with van der Waals surface area (Å²) in [5.41, 5.74) is 1.00. The number of hydrogen-bond donors (Lipinski definition) is 1. The van der Waals surface area contributed by atoms with Crippen LogP contribution in [-0.2, 0) is 14.3 Å².